The Balaban J connectivity index is 1.45. The van der Waals surface area contributed by atoms with E-state index in [1.165, 1.54) is 0 Å². The third kappa shape index (κ3) is 4.36. The maximum Gasteiger partial charge on any atom is 0.254 e. The Hall–Kier alpha value is -1.83. The summed E-state index contributed by atoms with van der Waals surface area (Å²) in [7, 11) is 0. The molecule has 2 saturated heterocycles. The van der Waals surface area contributed by atoms with Gasteiger partial charge in [0, 0.05) is 44.9 Å². The average Bonchev–Trinajstić information content (AvgIpc) is 2.73. The number of nitrogens with zero attached hydrogens (tertiary/aromatic N) is 2. The molecule has 148 valence electrons. The van der Waals surface area contributed by atoms with Gasteiger partial charge in [0.05, 0.1) is 13.2 Å². The van der Waals surface area contributed by atoms with E-state index in [1.807, 2.05) is 4.90 Å². The van der Waals surface area contributed by atoms with Crippen LogP contribution in [0.3, 0.4) is 0 Å². The van der Waals surface area contributed by atoms with Crippen molar-refractivity contribution in [2.45, 2.75) is 6.42 Å². The van der Waals surface area contributed by atoms with E-state index in [1.54, 1.807) is 18.2 Å². The molecule has 0 spiro atoms. The predicted molar refractivity (Wildman–Crippen MR) is 99.3 cm³/mol. The smallest absolute Gasteiger partial charge is 0.254 e. The van der Waals surface area contributed by atoms with Gasteiger partial charge < -0.3 is 24.2 Å². The van der Waals surface area contributed by atoms with Gasteiger partial charge in [-0.3, -0.25) is 9.69 Å². The molecule has 1 amide bonds. The number of hydrogen-bond donors (Lipinski definition) is 1. The van der Waals surface area contributed by atoms with Crippen LogP contribution >= 0.6 is 0 Å². The molecule has 3 heterocycles. The first-order valence-electron chi connectivity index (χ1n) is 9.83. The second kappa shape index (κ2) is 8.46. The molecule has 0 radical (unpaired) electrons. The molecular formula is C20H28N2O5. The third-order valence-electron chi connectivity index (χ3n) is 5.58. The number of benzene rings is 1. The second-order valence-electron chi connectivity index (χ2n) is 7.63. The van der Waals surface area contributed by atoms with Crippen LogP contribution in [0, 0.1) is 11.8 Å². The van der Waals surface area contributed by atoms with Gasteiger partial charge in [-0.15, -0.1) is 0 Å². The zero-order chi connectivity index (χ0) is 18.6. The Bertz CT molecular complexity index is 662. The summed E-state index contributed by atoms with van der Waals surface area (Å²) in [6.07, 6.45) is 0.957. The second-order valence-corrected chi connectivity index (χ2v) is 7.63. The fraction of sp³-hybridized carbons (Fsp3) is 0.650. The summed E-state index contributed by atoms with van der Waals surface area (Å²) >= 11 is 0. The largest absolute Gasteiger partial charge is 0.486 e. The molecule has 1 N–H and O–H groups in total. The van der Waals surface area contributed by atoms with E-state index in [-0.39, 0.29) is 18.4 Å². The minimum atomic E-state index is -0.00268. The van der Waals surface area contributed by atoms with Crippen molar-refractivity contribution < 1.29 is 24.1 Å². The number of ether oxygens (including phenoxy) is 3. The minimum absolute atomic E-state index is 0.00268. The first-order valence-corrected chi connectivity index (χ1v) is 9.83. The lowest BCUT2D eigenvalue weighted by atomic mass is 9.88. The number of piperidine rings is 1. The fourth-order valence-corrected chi connectivity index (χ4v) is 4.26. The molecule has 1 aromatic carbocycles. The zero-order valence-electron chi connectivity index (χ0n) is 15.6. The highest BCUT2D eigenvalue weighted by atomic mass is 16.6. The molecule has 7 heteroatoms. The highest BCUT2D eigenvalue weighted by Crippen LogP contribution is 2.32. The molecule has 2 atom stereocenters. The Labute approximate surface area is 159 Å². The highest BCUT2D eigenvalue weighted by molar-refractivity contribution is 5.95. The summed E-state index contributed by atoms with van der Waals surface area (Å²) in [5, 5.41) is 9.73. The van der Waals surface area contributed by atoms with Crippen molar-refractivity contribution in [3.63, 3.8) is 0 Å². The van der Waals surface area contributed by atoms with Crippen LogP contribution in [0.25, 0.3) is 0 Å². The third-order valence-corrected chi connectivity index (χ3v) is 5.58. The first kappa shape index (κ1) is 18.5. The number of morpholine rings is 1. The molecule has 0 aromatic heterocycles. The van der Waals surface area contributed by atoms with Crippen molar-refractivity contribution in [1.82, 2.24) is 9.80 Å². The number of fused-ring (bicyclic) bond motifs is 1. The Morgan fingerprint density at radius 1 is 1.04 bits per heavy atom. The average molecular weight is 376 g/mol. The lowest BCUT2D eigenvalue weighted by molar-refractivity contribution is 0.0130. The lowest BCUT2D eigenvalue weighted by Gasteiger charge is -2.40. The fourth-order valence-electron chi connectivity index (χ4n) is 4.26. The summed E-state index contributed by atoms with van der Waals surface area (Å²) in [6.45, 7) is 6.86. The summed E-state index contributed by atoms with van der Waals surface area (Å²) in [4.78, 5) is 17.4. The number of rotatable bonds is 4. The Kier molecular flexibility index (Phi) is 5.80. The molecule has 0 saturated carbocycles. The molecule has 3 aliphatic heterocycles. The van der Waals surface area contributed by atoms with Crippen LogP contribution in [0.15, 0.2) is 18.2 Å². The number of aliphatic hydroxyl groups excluding tert-OH is 1. The van der Waals surface area contributed by atoms with E-state index < -0.39 is 0 Å². The quantitative estimate of drug-likeness (QED) is 0.841. The molecule has 0 unspecified atom stereocenters. The van der Waals surface area contributed by atoms with Crippen molar-refractivity contribution in [2.24, 2.45) is 11.8 Å². The van der Waals surface area contributed by atoms with Crippen LogP contribution in [0.1, 0.15) is 16.8 Å². The van der Waals surface area contributed by atoms with E-state index in [9.17, 15) is 9.90 Å². The van der Waals surface area contributed by atoms with Crippen molar-refractivity contribution in [3.05, 3.63) is 23.8 Å². The molecule has 2 fully saturated rings. The van der Waals surface area contributed by atoms with Crippen molar-refractivity contribution >= 4 is 5.91 Å². The summed E-state index contributed by atoms with van der Waals surface area (Å²) in [5.41, 5.74) is 0.614. The Morgan fingerprint density at radius 2 is 1.78 bits per heavy atom. The molecule has 3 aliphatic rings. The molecule has 1 aromatic rings. The van der Waals surface area contributed by atoms with Gasteiger partial charge in [0.15, 0.2) is 11.5 Å². The standard InChI is InChI=1S/C20H28N2O5/c23-14-16-9-15(11-21-3-5-25-6-4-21)12-22(13-16)20(24)17-1-2-18-19(10-17)27-8-7-26-18/h1-2,10,15-16,23H,3-9,11-14H2/t15-,16-/m1/s1. The maximum atomic E-state index is 13.1. The van der Waals surface area contributed by atoms with E-state index in [4.69, 9.17) is 14.2 Å². The van der Waals surface area contributed by atoms with E-state index in [0.717, 1.165) is 45.8 Å². The summed E-state index contributed by atoms with van der Waals surface area (Å²) < 4.78 is 16.6. The van der Waals surface area contributed by atoms with Crippen LogP contribution in [0.4, 0.5) is 0 Å². The maximum absolute atomic E-state index is 13.1. The summed E-state index contributed by atoms with van der Waals surface area (Å²) in [5.74, 6) is 1.82. The Morgan fingerprint density at radius 3 is 2.56 bits per heavy atom. The van der Waals surface area contributed by atoms with Crippen LogP contribution in [-0.2, 0) is 4.74 Å². The molecular weight excluding hydrogens is 348 g/mol. The topological polar surface area (TPSA) is 71.5 Å². The molecule has 7 nitrogen and oxygen atoms in total. The number of carbonyl (C=O) groups is 1. The van der Waals surface area contributed by atoms with Gasteiger partial charge in [0.2, 0.25) is 0 Å². The number of carbonyl (C=O) groups excluding carboxylic acids is 1. The molecule has 27 heavy (non-hydrogen) atoms. The normalized spacial score (nSPS) is 26.0. The van der Waals surface area contributed by atoms with Gasteiger partial charge in [-0.05, 0) is 36.5 Å². The number of hydrogen-bond acceptors (Lipinski definition) is 6. The zero-order valence-corrected chi connectivity index (χ0v) is 15.6. The monoisotopic (exact) mass is 376 g/mol. The number of aliphatic hydroxyl groups is 1. The van der Waals surface area contributed by atoms with Gasteiger partial charge in [-0.25, -0.2) is 0 Å². The van der Waals surface area contributed by atoms with Crippen LogP contribution in [0.5, 0.6) is 11.5 Å². The van der Waals surface area contributed by atoms with Gasteiger partial charge >= 0.3 is 0 Å². The highest BCUT2D eigenvalue weighted by Gasteiger charge is 2.32. The van der Waals surface area contributed by atoms with E-state index >= 15 is 0 Å². The predicted octanol–water partition coefficient (Wildman–Crippen LogP) is 0.861. The molecule has 0 aliphatic carbocycles. The van der Waals surface area contributed by atoms with Crippen molar-refractivity contribution in [1.29, 1.82) is 0 Å². The van der Waals surface area contributed by atoms with Gasteiger partial charge in [0.1, 0.15) is 13.2 Å². The molecule has 0 bridgehead atoms. The molecule has 4 rings (SSSR count). The van der Waals surface area contributed by atoms with Gasteiger partial charge in [0.25, 0.3) is 5.91 Å². The SMILES string of the molecule is O=C(c1ccc2c(c1)OCCO2)N1C[C@H](CO)C[C@H](CN2CCOCC2)C1. The first-order chi connectivity index (χ1) is 13.2. The van der Waals surface area contributed by atoms with Crippen LogP contribution in [0.2, 0.25) is 0 Å². The van der Waals surface area contributed by atoms with Crippen LogP contribution < -0.4 is 9.47 Å². The van der Waals surface area contributed by atoms with Gasteiger partial charge in [-0.2, -0.15) is 0 Å². The van der Waals surface area contributed by atoms with Crippen molar-refractivity contribution in [3.8, 4) is 11.5 Å². The van der Waals surface area contributed by atoms with Crippen molar-refractivity contribution in [2.75, 3.05) is 65.8 Å². The lowest BCUT2D eigenvalue weighted by Crippen LogP contribution is -2.49. The summed E-state index contributed by atoms with van der Waals surface area (Å²) in [6, 6.07) is 5.38. The van der Waals surface area contributed by atoms with E-state index in [0.29, 0.717) is 42.7 Å². The minimum Gasteiger partial charge on any atom is -0.486 e. The van der Waals surface area contributed by atoms with Crippen LogP contribution in [-0.4, -0.2) is 86.6 Å². The number of amides is 1. The number of likely N-dealkylation sites (tertiary alicyclic amines) is 1. The van der Waals surface area contributed by atoms with Gasteiger partial charge in [-0.1, -0.05) is 0 Å². The van der Waals surface area contributed by atoms with E-state index in [2.05, 4.69) is 4.90 Å².